The van der Waals surface area contributed by atoms with Gasteiger partial charge >= 0.3 is 5.97 Å². The summed E-state index contributed by atoms with van der Waals surface area (Å²) >= 11 is 0. The van der Waals surface area contributed by atoms with E-state index in [0.29, 0.717) is 31.8 Å². The van der Waals surface area contributed by atoms with Crippen molar-refractivity contribution in [2.75, 3.05) is 27.3 Å². The smallest absolute Gasteiger partial charge is 0.328 e. The second-order valence-electron chi connectivity index (χ2n) is 9.08. The Morgan fingerprint density at radius 1 is 1.06 bits per heavy atom. The zero-order valence-electron chi connectivity index (χ0n) is 21.8. The van der Waals surface area contributed by atoms with Crippen LogP contribution in [0, 0.1) is 11.8 Å². The highest BCUT2D eigenvalue weighted by molar-refractivity contribution is 5.86. The third-order valence-corrected chi connectivity index (χ3v) is 6.39. The van der Waals surface area contributed by atoms with E-state index < -0.39 is 24.0 Å². The number of benzene rings is 1. The summed E-state index contributed by atoms with van der Waals surface area (Å²) in [7, 11) is 2.86. The zero-order chi connectivity index (χ0) is 25.5. The molecule has 7 heteroatoms. The number of amides is 2. The molecule has 0 bridgehead atoms. The number of nitrogens with zero attached hydrogens (tertiary/aromatic N) is 1. The van der Waals surface area contributed by atoms with Crippen molar-refractivity contribution < 1.29 is 23.9 Å². The molecule has 1 N–H and O–H groups in total. The highest BCUT2D eigenvalue weighted by atomic mass is 16.5. The SMILES string of the molecule is CCCN(C[C@H](OC)C(C)C(=O)N[C@@H](Cc1ccccc1)C(=O)OC)C(=O)CCC[C@@H](C)CC. The fourth-order valence-corrected chi connectivity index (χ4v) is 3.86. The molecule has 0 aliphatic heterocycles. The highest BCUT2D eigenvalue weighted by Gasteiger charge is 2.31. The number of esters is 1. The molecule has 1 unspecified atom stereocenters. The summed E-state index contributed by atoms with van der Waals surface area (Å²) in [5.74, 6) is -0.653. The summed E-state index contributed by atoms with van der Waals surface area (Å²) in [6.07, 6.45) is 4.19. The van der Waals surface area contributed by atoms with Gasteiger partial charge in [-0.1, -0.05) is 70.9 Å². The van der Waals surface area contributed by atoms with E-state index in [9.17, 15) is 14.4 Å². The zero-order valence-corrected chi connectivity index (χ0v) is 21.8. The first-order valence-corrected chi connectivity index (χ1v) is 12.5. The molecule has 0 aromatic heterocycles. The molecule has 2 amide bonds. The molecule has 0 radical (unpaired) electrons. The molecule has 7 nitrogen and oxygen atoms in total. The van der Waals surface area contributed by atoms with E-state index >= 15 is 0 Å². The summed E-state index contributed by atoms with van der Waals surface area (Å²) < 4.78 is 10.5. The summed E-state index contributed by atoms with van der Waals surface area (Å²) in [5.41, 5.74) is 0.922. The maximum atomic E-state index is 13.1. The van der Waals surface area contributed by atoms with Crippen LogP contribution in [0.1, 0.15) is 65.4 Å². The molecule has 0 aliphatic rings. The van der Waals surface area contributed by atoms with Crippen LogP contribution in [-0.4, -0.2) is 62.1 Å². The van der Waals surface area contributed by atoms with Gasteiger partial charge in [-0.2, -0.15) is 0 Å². The van der Waals surface area contributed by atoms with Crippen molar-refractivity contribution in [3.05, 3.63) is 35.9 Å². The van der Waals surface area contributed by atoms with Crippen LogP contribution in [0.3, 0.4) is 0 Å². The number of rotatable bonds is 16. The van der Waals surface area contributed by atoms with Gasteiger partial charge in [0.1, 0.15) is 6.04 Å². The van der Waals surface area contributed by atoms with Crippen LogP contribution in [0.4, 0.5) is 0 Å². The van der Waals surface area contributed by atoms with E-state index in [1.807, 2.05) is 37.3 Å². The fraction of sp³-hybridized carbons (Fsp3) is 0.667. The lowest BCUT2D eigenvalue weighted by molar-refractivity contribution is -0.146. The summed E-state index contributed by atoms with van der Waals surface area (Å²) in [4.78, 5) is 40.0. The van der Waals surface area contributed by atoms with Crippen molar-refractivity contribution in [1.82, 2.24) is 10.2 Å². The number of carbonyl (C=O) groups is 3. The van der Waals surface area contributed by atoms with E-state index in [1.54, 1.807) is 18.9 Å². The van der Waals surface area contributed by atoms with E-state index in [-0.39, 0.29) is 11.8 Å². The second kappa shape index (κ2) is 16.3. The number of hydrogen-bond donors (Lipinski definition) is 1. The lowest BCUT2D eigenvalue weighted by Gasteiger charge is -2.30. The average molecular weight is 477 g/mol. The van der Waals surface area contributed by atoms with Crippen molar-refractivity contribution in [3.63, 3.8) is 0 Å². The van der Waals surface area contributed by atoms with Crippen LogP contribution in [0.25, 0.3) is 0 Å². The van der Waals surface area contributed by atoms with Gasteiger partial charge in [0, 0.05) is 33.0 Å². The Labute approximate surface area is 205 Å². The third kappa shape index (κ3) is 10.2. The van der Waals surface area contributed by atoms with Crippen molar-refractivity contribution in [2.24, 2.45) is 11.8 Å². The Morgan fingerprint density at radius 3 is 2.29 bits per heavy atom. The third-order valence-electron chi connectivity index (χ3n) is 6.39. The molecule has 0 heterocycles. The Morgan fingerprint density at radius 2 is 1.74 bits per heavy atom. The van der Waals surface area contributed by atoms with Gasteiger partial charge in [-0.05, 0) is 24.3 Å². The molecule has 0 aliphatic carbocycles. The van der Waals surface area contributed by atoms with Crippen molar-refractivity contribution in [3.8, 4) is 0 Å². The number of ether oxygens (including phenoxy) is 2. The molecule has 192 valence electrons. The van der Waals surface area contributed by atoms with E-state index in [2.05, 4.69) is 19.2 Å². The van der Waals surface area contributed by atoms with Crippen molar-refractivity contribution in [2.45, 2.75) is 78.4 Å². The van der Waals surface area contributed by atoms with Crippen LogP contribution >= 0.6 is 0 Å². The van der Waals surface area contributed by atoms with E-state index in [0.717, 1.165) is 31.2 Å². The molecule has 4 atom stereocenters. The molecule has 0 fully saturated rings. The second-order valence-corrected chi connectivity index (χ2v) is 9.08. The van der Waals surface area contributed by atoms with Gasteiger partial charge in [0.25, 0.3) is 0 Å². The minimum Gasteiger partial charge on any atom is -0.467 e. The van der Waals surface area contributed by atoms with Crippen LogP contribution < -0.4 is 5.32 Å². The maximum Gasteiger partial charge on any atom is 0.328 e. The Bertz CT molecular complexity index is 740. The monoisotopic (exact) mass is 476 g/mol. The summed E-state index contributed by atoms with van der Waals surface area (Å²) in [6.45, 7) is 9.11. The number of carbonyl (C=O) groups excluding carboxylic acids is 3. The van der Waals surface area contributed by atoms with Gasteiger partial charge in [0.15, 0.2) is 0 Å². The first-order valence-electron chi connectivity index (χ1n) is 12.5. The van der Waals surface area contributed by atoms with Gasteiger partial charge in [0.2, 0.25) is 11.8 Å². The van der Waals surface area contributed by atoms with Gasteiger partial charge in [0.05, 0.1) is 19.1 Å². The van der Waals surface area contributed by atoms with Crippen LogP contribution in [0.2, 0.25) is 0 Å². The van der Waals surface area contributed by atoms with Gasteiger partial charge < -0.3 is 19.7 Å². The normalized spacial score (nSPS) is 14.5. The molecule has 1 aromatic rings. The molecular formula is C27H44N2O5. The quantitative estimate of drug-likeness (QED) is 0.365. The first-order chi connectivity index (χ1) is 16.3. The fourth-order valence-electron chi connectivity index (χ4n) is 3.86. The molecule has 0 saturated carbocycles. The lowest BCUT2D eigenvalue weighted by atomic mass is 9.99. The molecule has 34 heavy (non-hydrogen) atoms. The highest BCUT2D eigenvalue weighted by Crippen LogP contribution is 2.15. The topological polar surface area (TPSA) is 84.9 Å². The Kier molecular flexibility index (Phi) is 14.2. The Balaban J connectivity index is 2.80. The van der Waals surface area contributed by atoms with Gasteiger partial charge in [-0.25, -0.2) is 4.79 Å². The van der Waals surface area contributed by atoms with Crippen molar-refractivity contribution >= 4 is 17.8 Å². The summed E-state index contributed by atoms with van der Waals surface area (Å²) in [5, 5.41) is 2.82. The first kappa shape index (κ1) is 29.6. The van der Waals surface area contributed by atoms with Crippen LogP contribution in [0.15, 0.2) is 30.3 Å². The predicted octanol–water partition coefficient (Wildman–Crippen LogP) is 3.99. The molecular weight excluding hydrogens is 432 g/mol. The predicted molar refractivity (Wildman–Crippen MR) is 134 cm³/mol. The number of hydrogen-bond acceptors (Lipinski definition) is 5. The molecule has 1 aromatic carbocycles. The largest absolute Gasteiger partial charge is 0.467 e. The molecule has 0 saturated heterocycles. The van der Waals surface area contributed by atoms with Crippen LogP contribution in [-0.2, 0) is 30.3 Å². The molecule has 1 rings (SSSR count). The lowest BCUT2D eigenvalue weighted by Crippen LogP contribution is -2.50. The molecule has 0 spiro atoms. The standard InChI is InChI=1S/C27H44N2O5/c1-7-17-29(25(30)16-12-13-20(3)8-2)19-24(33-5)21(4)26(31)28-23(27(32)34-6)18-22-14-10-9-11-15-22/h9-11,14-15,20-21,23-24H,7-8,12-13,16-19H2,1-6H3,(H,28,31)/t20-,21?,23-,24-/m0/s1. The Hall–Kier alpha value is -2.41. The van der Waals surface area contributed by atoms with Crippen LogP contribution in [0.5, 0.6) is 0 Å². The maximum absolute atomic E-state index is 13.1. The summed E-state index contributed by atoms with van der Waals surface area (Å²) in [6, 6.07) is 8.68. The average Bonchev–Trinajstić information content (AvgIpc) is 2.85. The number of nitrogens with one attached hydrogen (secondary N) is 1. The van der Waals surface area contributed by atoms with E-state index in [1.165, 1.54) is 7.11 Å². The van der Waals surface area contributed by atoms with Crippen molar-refractivity contribution in [1.29, 1.82) is 0 Å². The number of methoxy groups -OCH3 is 2. The minimum absolute atomic E-state index is 0.0938. The minimum atomic E-state index is -0.797. The van der Waals surface area contributed by atoms with E-state index in [4.69, 9.17) is 9.47 Å². The van der Waals surface area contributed by atoms with Gasteiger partial charge in [-0.3, -0.25) is 9.59 Å². The van der Waals surface area contributed by atoms with Gasteiger partial charge in [-0.15, -0.1) is 0 Å².